The van der Waals surface area contributed by atoms with Crippen molar-refractivity contribution < 1.29 is 14.7 Å². The van der Waals surface area contributed by atoms with Crippen molar-refractivity contribution in [3.63, 3.8) is 0 Å². The maximum Gasteiger partial charge on any atom is 0.308 e. The molecule has 0 aromatic heterocycles. The number of carboxylic acid groups (broad SMARTS) is 1. The molecule has 114 valence electrons. The van der Waals surface area contributed by atoms with E-state index in [0.29, 0.717) is 27.9 Å². The molecule has 0 spiro atoms. The molecule has 0 aliphatic heterocycles. The molecule has 1 aliphatic carbocycles. The number of benzene rings is 1. The van der Waals surface area contributed by atoms with Crippen molar-refractivity contribution in [2.24, 2.45) is 5.92 Å². The van der Waals surface area contributed by atoms with Crippen molar-refractivity contribution in [2.45, 2.75) is 38.1 Å². The van der Waals surface area contributed by atoms with Gasteiger partial charge < -0.3 is 10.4 Å². The van der Waals surface area contributed by atoms with E-state index >= 15 is 0 Å². The van der Waals surface area contributed by atoms with E-state index in [4.69, 9.17) is 11.6 Å². The minimum atomic E-state index is -0.840. The summed E-state index contributed by atoms with van der Waals surface area (Å²) in [5.74, 6) is -1.65. The number of rotatable bonds is 3. The van der Waals surface area contributed by atoms with Gasteiger partial charge in [-0.3, -0.25) is 9.59 Å². The number of nitrogens with one attached hydrogen (secondary N) is 1. The quantitative estimate of drug-likeness (QED) is 0.789. The number of hydrogen-bond donors (Lipinski definition) is 2. The largest absolute Gasteiger partial charge is 0.481 e. The Bertz CT molecular complexity index is 550. The molecule has 0 saturated heterocycles. The maximum absolute atomic E-state index is 12.4. The molecule has 1 aromatic rings. The molecule has 21 heavy (non-hydrogen) atoms. The summed E-state index contributed by atoms with van der Waals surface area (Å²) in [7, 11) is 0. The molecule has 2 N–H and O–H groups in total. The van der Waals surface area contributed by atoms with Crippen LogP contribution >= 0.6 is 27.5 Å². The summed E-state index contributed by atoms with van der Waals surface area (Å²) in [6.07, 6.45) is 4.14. The van der Waals surface area contributed by atoms with Crippen LogP contribution in [-0.4, -0.2) is 23.0 Å². The van der Waals surface area contributed by atoms with Gasteiger partial charge in [0.1, 0.15) is 0 Å². The summed E-state index contributed by atoms with van der Waals surface area (Å²) in [6, 6.07) is 4.64. The Kier molecular flexibility index (Phi) is 5.65. The van der Waals surface area contributed by atoms with Crippen LogP contribution in [-0.2, 0) is 4.79 Å². The molecule has 6 heteroatoms. The maximum atomic E-state index is 12.4. The summed E-state index contributed by atoms with van der Waals surface area (Å²) < 4.78 is 0.643. The van der Waals surface area contributed by atoms with E-state index in [-0.39, 0.29) is 11.9 Å². The first-order valence-corrected chi connectivity index (χ1v) is 8.15. The first-order valence-electron chi connectivity index (χ1n) is 6.98. The van der Waals surface area contributed by atoms with E-state index in [1.807, 2.05) is 0 Å². The van der Waals surface area contributed by atoms with Gasteiger partial charge in [0.2, 0.25) is 0 Å². The highest BCUT2D eigenvalue weighted by molar-refractivity contribution is 9.10. The number of carbonyl (C=O) groups excluding carboxylic acids is 1. The van der Waals surface area contributed by atoms with Gasteiger partial charge in [0.25, 0.3) is 5.91 Å². The minimum absolute atomic E-state index is 0.289. The Hall–Kier alpha value is -1.07. The second-order valence-electron chi connectivity index (χ2n) is 5.29. The van der Waals surface area contributed by atoms with Crippen LogP contribution in [0.5, 0.6) is 0 Å². The Labute approximate surface area is 137 Å². The van der Waals surface area contributed by atoms with E-state index in [9.17, 15) is 14.7 Å². The van der Waals surface area contributed by atoms with Crippen LogP contribution in [0.2, 0.25) is 5.02 Å². The lowest BCUT2D eigenvalue weighted by Gasteiger charge is -2.23. The first-order chi connectivity index (χ1) is 9.99. The molecule has 4 nitrogen and oxygen atoms in total. The molecular weight excluding hydrogens is 358 g/mol. The van der Waals surface area contributed by atoms with E-state index in [1.54, 1.807) is 18.2 Å². The Morgan fingerprint density at radius 3 is 2.67 bits per heavy atom. The number of amides is 1. The van der Waals surface area contributed by atoms with Crippen molar-refractivity contribution in [2.75, 3.05) is 0 Å². The average Bonchev–Trinajstić information content (AvgIpc) is 2.67. The average molecular weight is 375 g/mol. The van der Waals surface area contributed by atoms with Gasteiger partial charge in [0.05, 0.1) is 11.5 Å². The van der Waals surface area contributed by atoms with E-state index in [2.05, 4.69) is 21.2 Å². The van der Waals surface area contributed by atoms with Crippen molar-refractivity contribution in [3.05, 3.63) is 33.3 Å². The second kappa shape index (κ2) is 7.27. The zero-order chi connectivity index (χ0) is 15.4. The summed E-state index contributed by atoms with van der Waals surface area (Å²) in [4.78, 5) is 23.7. The normalized spacial score (nSPS) is 22.4. The van der Waals surface area contributed by atoms with Crippen molar-refractivity contribution in [3.8, 4) is 0 Å². The topological polar surface area (TPSA) is 66.4 Å². The van der Waals surface area contributed by atoms with Gasteiger partial charge in [-0.2, -0.15) is 0 Å². The van der Waals surface area contributed by atoms with Gasteiger partial charge in [0.15, 0.2) is 0 Å². The third-order valence-corrected chi connectivity index (χ3v) is 4.75. The van der Waals surface area contributed by atoms with Gasteiger partial charge >= 0.3 is 5.97 Å². The van der Waals surface area contributed by atoms with Crippen LogP contribution in [0.4, 0.5) is 0 Å². The van der Waals surface area contributed by atoms with Gasteiger partial charge in [-0.05, 0) is 47.0 Å². The zero-order valence-corrected chi connectivity index (χ0v) is 13.8. The molecule has 1 amide bonds. The fourth-order valence-corrected chi connectivity index (χ4v) is 3.29. The molecule has 1 aliphatic rings. The summed E-state index contributed by atoms with van der Waals surface area (Å²) >= 11 is 9.23. The fraction of sp³-hybridized carbons (Fsp3) is 0.467. The van der Waals surface area contributed by atoms with Crippen LogP contribution in [0.15, 0.2) is 22.7 Å². The number of hydrogen-bond acceptors (Lipinski definition) is 2. The minimum Gasteiger partial charge on any atom is -0.481 e. The fourth-order valence-electron chi connectivity index (χ4n) is 2.69. The number of carbonyl (C=O) groups is 2. The lowest BCUT2D eigenvalue weighted by atomic mass is 9.94. The van der Waals surface area contributed by atoms with Crippen LogP contribution in [0, 0.1) is 5.92 Å². The molecule has 1 aromatic carbocycles. The number of carboxylic acids is 1. The van der Waals surface area contributed by atoms with Crippen LogP contribution in [0.1, 0.15) is 42.5 Å². The van der Waals surface area contributed by atoms with E-state index in [0.717, 1.165) is 19.3 Å². The lowest BCUT2D eigenvalue weighted by Crippen LogP contribution is -2.42. The molecule has 0 unspecified atom stereocenters. The molecular formula is C15H17BrClNO3. The lowest BCUT2D eigenvalue weighted by molar-refractivity contribution is -0.142. The van der Waals surface area contributed by atoms with Gasteiger partial charge in [-0.25, -0.2) is 0 Å². The van der Waals surface area contributed by atoms with Crippen LogP contribution in [0.3, 0.4) is 0 Å². The Morgan fingerprint density at radius 2 is 1.95 bits per heavy atom. The molecule has 1 saturated carbocycles. The molecule has 2 rings (SSSR count). The monoisotopic (exact) mass is 373 g/mol. The van der Waals surface area contributed by atoms with Crippen LogP contribution < -0.4 is 5.32 Å². The smallest absolute Gasteiger partial charge is 0.308 e. The molecule has 0 radical (unpaired) electrons. The molecule has 0 bridgehead atoms. The van der Waals surface area contributed by atoms with Crippen molar-refractivity contribution in [1.82, 2.24) is 5.32 Å². The van der Waals surface area contributed by atoms with Crippen molar-refractivity contribution >= 4 is 39.4 Å². The molecule has 1 fully saturated rings. The third kappa shape index (κ3) is 4.20. The highest BCUT2D eigenvalue weighted by Gasteiger charge is 2.31. The van der Waals surface area contributed by atoms with Gasteiger partial charge in [-0.1, -0.05) is 30.9 Å². The summed E-state index contributed by atoms with van der Waals surface area (Å²) in [5, 5.41) is 12.7. The molecule has 0 heterocycles. The second-order valence-corrected chi connectivity index (χ2v) is 6.58. The highest BCUT2D eigenvalue weighted by Crippen LogP contribution is 2.26. The van der Waals surface area contributed by atoms with Gasteiger partial charge in [-0.15, -0.1) is 0 Å². The van der Waals surface area contributed by atoms with E-state index < -0.39 is 11.9 Å². The number of halogens is 2. The van der Waals surface area contributed by atoms with Crippen molar-refractivity contribution in [1.29, 1.82) is 0 Å². The zero-order valence-electron chi connectivity index (χ0n) is 11.4. The Balaban J connectivity index is 2.16. The predicted molar refractivity (Wildman–Crippen MR) is 84.6 cm³/mol. The predicted octanol–water partition coefficient (Wildman–Crippen LogP) is 3.87. The highest BCUT2D eigenvalue weighted by atomic mass is 79.9. The Morgan fingerprint density at radius 1 is 1.24 bits per heavy atom. The SMILES string of the molecule is O=C(N[C@H]1CCCCC[C@H]1C(=O)O)c1cc(Cl)ccc1Br. The first kappa shape index (κ1) is 16.3. The summed E-state index contributed by atoms with van der Waals surface area (Å²) in [5.41, 5.74) is 0.427. The van der Waals surface area contributed by atoms with E-state index in [1.165, 1.54) is 0 Å². The number of aliphatic carboxylic acids is 1. The van der Waals surface area contributed by atoms with Crippen LogP contribution in [0.25, 0.3) is 0 Å². The summed E-state index contributed by atoms with van der Waals surface area (Å²) in [6.45, 7) is 0. The molecule has 2 atom stereocenters. The van der Waals surface area contributed by atoms with Gasteiger partial charge in [0, 0.05) is 15.5 Å². The standard InChI is InChI=1S/C15H17BrClNO3/c16-12-7-6-9(17)8-11(12)14(19)18-13-5-3-1-2-4-10(13)15(20)21/h6-8,10,13H,1-5H2,(H,18,19)(H,20,21)/t10-,13+/m1/s1. The third-order valence-electron chi connectivity index (χ3n) is 3.82.